The van der Waals surface area contributed by atoms with Crippen molar-refractivity contribution in [2.75, 3.05) is 37.6 Å². The van der Waals surface area contributed by atoms with E-state index >= 15 is 0 Å². The maximum Gasteiger partial charge on any atom is 0.401 e. The Morgan fingerprint density at radius 2 is 1.74 bits per heavy atom. The lowest BCUT2D eigenvalue weighted by Crippen LogP contribution is -2.35. The lowest BCUT2D eigenvalue weighted by atomic mass is 9.94. The van der Waals surface area contributed by atoms with Gasteiger partial charge in [-0.3, -0.25) is 4.90 Å². The summed E-state index contributed by atoms with van der Waals surface area (Å²) in [5, 5.41) is 0. The Hall–Kier alpha value is -1.23. The highest BCUT2D eigenvalue weighted by Crippen LogP contribution is 2.59. The quantitative estimate of drug-likeness (QED) is 0.834. The number of alkyl halides is 3. The number of benzene rings is 1. The van der Waals surface area contributed by atoms with E-state index in [2.05, 4.69) is 29.2 Å². The van der Waals surface area contributed by atoms with Crippen molar-refractivity contribution in [2.45, 2.75) is 37.3 Å². The second-order valence-electron chi connectivity index (χ2n) is 7.44. The Morgan fingerprint density at radius 1 is 1.04 bits per heavy atom. The van der Waals surface area contributed by atoms with Gasteiger partial charge in [-0.15, -0.1) is 0 Å². The summed E-state index contributed by atoms with van der Waals surface area (Å²) in [4.78, 5) is 3.99. The molecule has 1 saturated carbocycles. The molecule has 0 N–H and O–H groups in total. The standard InChI is InChI=1S/C18H23F3N2/c19-18(20,21)13-22-11-15-10-17(15,12-22)14-4-6-16(7-5-14)23-8-2-1-3-9-23/h4-7,15H,1-3,8-13H2. The van der Waals surface area contributed by atoms with Crippen LogP contribution in [0.1, 0.15) is 31.2 Å². The molecule has 0 amide bonds. The molecule has 0 bridgehead atoms. The van der Waals surface area contributed by atoms with Crippen molar-refractivity contribution in [1.82, 2.24) is 4.90 Å². The molecule has 4 rings (SSSR count). The molecule has 126 valence electrons. The minimum Gasteiger partial charge on any atom is -0.372 e. The van der Waals surface area contributed by atoms with Gasteiger partial charge < -0.3 is 4.90 Å². The molecule has 0 spiro atoms. The summed E-state index contributed by atoms with van der Waals surface area (Å²) in [7, 11) is 0. The monoisotopic (exact) mass is 324 g/mol. The zero-order chi connectivity index (χ0) is 16.1. The van der Waals surface area contributed by atoms with E-state index < -0.39 is 12.7 Å². The Balaban J connectivity index is 1.45. The summed E-state index contributed by atoms with van der Waals surface area (Å²) in [6.07, 6.45) is 0.773. The second-order valence-corrected chi connectivity index (χ2v) is 7.44. The third kappa shape index (κ3) is 2.95. The molecule has 3 aliphatic rings. The van der Waals surface area contributed by atoms with Crippen molar-refractivity contribution < 1.29 is 13.2 Å². The lowest BCUT2D eigenvalue weighted by Gasteiger charge is -2.29. The summed E-state index contributed by atoms with van der Waals surface area (Å²) in [6.45, 7) is 2.61. The van der Waals surface area contributed by atoms with Crippen molar-refractivity contribution in [3.63, 3.8) is 0 Å². The van der Waals surface area contributed by atoms with Gasteiger partial charge in [0.25, 0.3) is 0 Å². The summed E-state index contributed by atoms with van der Waals surface area (Å²) < 4.78 is 37.8. The Bertz CT molecular complexity index is 563. The minimum atomic E-state index is -4.09. The van der Waals surface area contributed by atoms with Crippen LogP contribution in [0.15, 0.2) is 24.3 Å². The number of piperidine rings is 2. The molecular weight excluding hydrogens is 301 g/mol. The van der Waals surface area contributed by atoms with Crippen molar-refractivity contribution in [3.05, 3.63) is 29.8 Å². The fourth-order valence-electron chi connectivity index (χ4n) is 4.56. The zero-order valence-electron chi connectivity index (χ0n) is 13.3. The highest BCUT2D eigenvalue weighted by molar-refractivity contribution is 5.50. The SMILES string of the molecule is FC(F)(F)CN1CC2CC2(c2ccc(N3CCCCC3)cc2)C1. The molecule has 2 aliphatic heterocycles. The van der Waals surface area contributed by atoms with Gasteiger partial charge in [0.05, 0.1) is 6.54 Å². The maximum atomic E-state index is 12.6. The van der Waals surface area contributed by atoms with E-state index in [0.717, 1.165) is 19.5 Å². The number of rotatable bonds is 3. The van der Waals surface area contributed by atoms with Crippen LogP contribution in [0, 0.1) is 5.92 Å². The summed E-state index contributed by atoms with van der Waals surface area (Å²) >= 11 is 0. The van der Waals surface area contributed by atoms with Gasteiger partial charge in [0, 0.05) is 37.3 Å². The average Bonchev–Trinajstić information content (AvgIpc) is 3.10. The van der Waals surface area contributed by atoms with Crippen molar-refractivity contribution in [3.8, 4) is 0 Å². The first-order valence-corrected chi connectivity index (χ1v) is 8.61. The highest BCUT2D eigenvalue weighted by Gasteiger charge is 2.61. The zero-order valence-corrected chi connectivity index (χ0v) is 13.3. The largest absolute Gasteiger partial charge is 0.401 e. The third-order valence-electron chi connectivity index (χ3n) is 5.78. The van der Waals surface area contributed by atoms with Crippen LogP contribution in [0.3, 0.4) is 0 Å². The first-order chi connectivity index (χ1) is 11.0. The van der Waals surface area contributed by atoms with Gasteiger partial charge in [0.2, 0.25) is 0 Å². The number of hydrogen-bond acceptors (Lipinski definition) is 2. The fourth-order valence-corrected chi connectivity index (χ4v) is 4.56. The molecule has 5 heteroatoms. The molecule has 2 nitrogen and oxygen atoms in total. The molecule has 1 aromatic rings. The van der Waals surface area contributed by atoms with Gasteiger partial charge in [-0.05, 0) is 49.3 Å². The summed E-state index contributed by atoms with van der Waals surface area (Å²) in [5.41, 5.74) is 2.48. The number of likely N-dealkylation sites (tertiary alicyclic amines) is 1. The normalized spacial score (nSPS) is 31.3. The molecule has 1 aromatic carbocycles. The predicted molar refractivity (Wildman–Crippen MR) is 84.8 cm³/mol. The van der Waals surface area contributed by atoms with Gasteiger partial charge in [-0.2, -0.15) is 13.2 Å². The smallest absolute Gasteiger partial charge is 0.372 e. The topological polar surface area (TPSA) is 6.48 Å². The van der Waals surface area contributed by atoms with E-state index in [1.807, 2.05) is 0 Å². The molecule has 23 heavy (non-hydrogen) atoms. The molecule has 2 unspecified atom stereocenters. The Kier molecular flexibility index (Phi) is 3.59. The van der Waals surface area contributed by atoms with Gasteiger partial charge >= 0.3 is 6.18 Å². The lowest BCUT2D eigenvalue weighted by molar-refractivity contribution is -0.144. The number of halogens is 3. The fraction of sp³-hybridized carbons (Fsp3) is 0.667. The van der Waals surface area contributed by atoms with Gasteiger partial charge in [-0.1, -0.05) is 12.1 Å². The first kappa shape index (κ1) is 15.3. The average molecular weight is 324 g/mol. The van der Waals surface area contributed by atoms with Crippen LogP contribution in [0.25, 0.3) is 0 Å². The number of hydrogen-bond donors (Lipinski definition) is 0. The van der Waals surface area contributed by atoms with E-state index in [-0.39, 0.29) is 5.41 Å². The van der Waals surface area contributed by atoms with E-state index in [1.165, 1.54) is 30.5 Å². The van der Waals surface area contributed by atoms with Gasteiger partial charge in [0.15, 0.2) is 0 Å². The molecule has 3 fully saturated rings. The van der Waals surface area contributed by atoms with Crippen LogP contribution >= 0.6 is 0 Å². The molecule has 1 aliphatic carbocycles. The van der Waals surface area contributed by atoms with Crippen molar-refractivity contribution >= 4 is 5.69 Å². The van der Waals surface area contributed by atoms with E-state index in [0.29, 0.717) is 19.0 Å². The van der Waals surface area contributed by atoms with Crippen LogP contribution in [-0.4, -0.2) is 43.8 Å². The van der Waals surface area contributed by atoms with E-state index in [4.69, 9.17) is 0 Å². The van der Waals surface area contributed by atoms with Crippen LogP contribution in [0.2, 0.25) is 0 Å². The van der Waals surface area contributed by atoms with Crippen LogP contribution < -0.4 is 4.90 Å². The second kappa shape index (κ2) is 5.40. The van der Waals surface area contributed by atoms with Crippen LogP contribution in [-0.2, 0) is 5.41 Å². The van der Waals surface area contributed by atoms with Crippen molar-refractivity contribution in [2.24, 2.45) is 5.92 Å². The van der Waals surface area contributed by atoms with E-state index in [9.17, 15) is 13.2 Å². The van der Waals surface area contributed by atoms with Gasteiger partial charge in [-0.25, -0.2) is 0 Å². The first-order valence-electron chi connectivity index (χ1n) is 8.61. The Labute approximate surface area is 135 Å². The highest BCUT2D eigenvalue weighted by atomic mass is 19.4. The van der Waals surface area contributed by atoms with Crippen molar-refractivity contribution in [1.29, 1.82) is 0 Å². The Morgan fingerprint density at radius 3 is 2.39 bits per heavy atom. The predicted octanol–water partition coefficient (Wildman–Crippen LogP) is 3.81. The summed E-state index contributed by atoms with van der Waals surface area (Å²) in [6, 6.07) is 8.64. The molecule has 2 saturated heterocycles. The van der Waals surface area contributed by atoms with Gasteiger partial charge in [0.1, 0.15) is 0 Å². The number of fused-ring (bicyclic) bond motifs is 1. The molecule has 0 aromatic heterocycles. The molecular formula is C18H23F3N2. The molecule has 0 radical (unpaired) electrons. The molecule has 2 atom stereocenters. The van der Waals surface area contributed by atoms with Crippen LogP contribution in [0.4, 0.5) is 18.9 Å². The summed E-state index contributed by atoms with van der Waals surface area (Å²) in [5.74, 6) is 0.408. The van der Waals surface area contributed by atoms with E-state index in [1.54, 1.807) is 4.90 Å². The third-order valence-corrected chi connectivity index (χ3v) is 5.78. The van der Waals surface area contributed by atoms with Crippen LogP contribution in [0.5, 0.6) is 0 Å². The maximum absolute atomic E-state index is 12.6. The molecule has 2 heterocycles. The number of nitrogens with zero attached hydrogens (tertiary/aromatic N) is 2. The number of anilines is 1. The minimum absolute atomic E-state index is 0.00826.